The second-order valence-corrected chi connectivity index (χ2v) is 9.86. The van der Waals surface area contributed by atoms with Crippen molar-refractivity contribution in [3.05, 3.63) is 59.0 Å². The maximum absolute atomic E-state index is 13.3. The molecule has 0 bridgehead atoms. The van der Waals surface area contributed by atoms with Crippen molar-refractivity contribution in [1.82, 2.24) is 23.1 Å². The van der Waals surface area contributed by atoms with Crippen molar-refractivity contribution in [1.29, 1.82) is 5.26 Å². The second kappa shape index (κ2) is 8.00. The van der Waals surface area contributed by atoms with E-state index in [1.54, 1.807) is 6.07 Å². The van der Waals surface area contributed by atoms with Gasteiger partial charge >= 0.3 is 5.69 Å². The number of rotatable bonds is 7. The van der Waals surface area contributed by atoms with Gasteiger partial charge in [-0.15, -0.1) is 0 Å². The minimum Gasteiger partial charge on any atom is -0.326 e. The largest absolute Gasteiger partial charge is 0.343 e. The van der Waals surface area contributed by atoms with Crippen molar-refractivity contribution in [2.75, 3.05) is 0 Å². The number of hydrogen-bond acceptors (Lipinski definition) is 6. The van der Waals surface area contributed by atoms with Crippen LogP contribution in [0.3, 0.4) is 0 Å². The van der Waals surface area contributed by atoms with Crippen LogP contribution in [0.2, 0.25) is 0 Å². The number of benzene rings is 1. The fourth-order valence-corrected chi connectivity index (χ4v) is 4.79. The molecule has 0 atom stereocenters. The molecule has 0 aliphatic rings. The van der Waals surface area contributed by atoms with Crippen LogP contribution in [0.1, 0.15) is 32.5 Å². The van der Waals surface area contributed by atoms with E-state index in [9.17, 15) is 13.2 Å². The van der Waals surface area contributed by atoms with Gasteiger partial charge in [0, 0.05) is 19.2 Å². The number of para-hydroxylation sites is 2. The monoisotopic (exact) mass is 438 g/mol. The summed E-state index contributed by atoms with van der Waals surface area (Å²) in [6.07, 6.45) is 3.97. The Balaban J connectivity index is 1.90. The number of imidazole rings is 2. The Morgan fingerprint density at radius 2 is 1.87 bits per heavy atom. The fourth-order valence-electron chi connectivity index (χ4n) is 3.64. The molecule has 9 nitrogen and oxygen atoms in total. The van der Waals surface area contributed by atoms with Gasteiger partial charge in [0.2, 0.25) is 10.0 Å². The Hall–Kier alpha value is -3.45. The summed E-state index contributed by atoms with van der Waals surface area (Å²) in [6, 6.07) is 11.4. The summed E-state index contributed by atoms with van der Waals surface area (Å²) in [6.45, 7) is 3.75. The van der Waals surface area contributed by atoms with Crippen LogP contribution in [0.25, 0.3) is 22.1 Å². The Morgan fingerprint density at radius 1 is 1.10 bits per heavy atom. The summed E-state index contributed by atoms with van der Waals surface area (Å²) in [7, 11) is -3.88. The van der Waals surface area contributed by atoms with Crippen molar-refractivity contribution in [2.24, 2.45) is 0 Å². The minimum atomic E-state index is -3.88. The summed E-state index contributed by atoms with van der Waals surface area (Å²) >= 11 is 0. The smallest absolute Gasteiger partial charge is 0.326 e. The van der Waals surface area contributed by atoms with Gasteiger partial charge in [-0.25, -0.2) is 18.2 Å². The zero-order chi connectivity index (χ0) is 22.2. The van der Waals surface area contributed by atoms with Crippen LogP contribution >= 0.6 is 0 Å². The number of aryl methyl sites for hydroxylation is 1. The van der Waals surface area contributed by atoms with E-state index in [1.807, 2.05) is 28.8 Å². The maximum atomic E-state index is 13.3. The number of nitriles is 1. The van der Waals surface area contributed by atoms with Crippen LogP contribution in [0.15, 0.2) is 47.5 Å². The molecule has 0 radical (unpaired) electrons. The van der Waals surface area contributed by atoms with Gasteiger partial charge in [0.25, 0.3) is 0 Å². The molecular weight excluding hydrogens is 416 g/mol. The van der Waals surface area contributed by atoms with Gasteiger partial charge in [-0.3, -0.25) is 9.55 Å². The van der Waals surface area contributed by atoms with Gasteiger partial charge in [-0.05, 0) is 38.5 Å². The van der Waals surface area contributed by atoms with E-state index in [0.29, 0.717) is 30.7 Å². The summed E-state index contributed by atoms with van der Waals surface area (Å²) in [4.78, 5) is 22.0. The third kappa shape index (κ3) is 3.51. The van der Waals surface area contributed by atoms with E-state index < -0.39 is 21.0 Å². The molecule has 0 aliphatic heterocycles. The lowest BCUT2D eigenvalue weighted by Crippen LogP contribution is -2.34. The van der Waals surface area contributed by atoms with Crippen LogP contribution in [0, 0.1) is 11.3 Å². The SMILES string of the molecule is CC(C)S(=O)(=O)n1c(=O)n(Cc2nc3ccccc3n2CCCC#N)c2ccncc21. The zero-order valence-electron chi connectivity index (χ0n) is 17.3. The number of aromatic nitrogens is 5. The average Bonchev–Trinajstić information content (AvgIpc) is 3.24. The van der Waals surface area contributed by atoms with Gasteiger partial charge < -0.3 is 4.57 Å². The summed E-state index contributed by atoms with van der Waals surface area (Å²) in [5.41, 5.74) is 1.76. The van der Waals surface area contributed by atoms with Crippen LogP contribution < -0.4 is 5.69 Å². The molecule has 0 saturated heterocycles. The summed E-state index contributed by atoms with van der Waals surface area (Å²) in [5.74, 6) is 0.624. The number of pyridine rings is 1. The molecule has 0 amide bonds. The molecule has 4 aromatic rings. The van der Waals surface area contributed by atoms with E-state index in [4.69, 9.17) is 5.26 Å². The van der Waals surface area contributed by atoms with Gasteiger partial charge in [-0.1, -0.05) is 12.1 Å². The topological polar surface area (TPSA) is 116 Å². The first-order chi connectivity index (χ1) is 14.9. The van der Waals surface area contributed by atoms with Crippen molar-refractivity contribution in [3.8, 4) is 6.07 Å². The zero-order valence-corrected chi connectivity index (χ0v) is 18.1. The molecule has 0 aliphatic carbocycles. The summed E-state index contributed by atoms with van der Waals surface area (Å²) < 4.78 is 30.0. The third-order valence-electron chi connectivity index (χ3n) is 5.25. The number of fused-ring (bicyclic) bond motifs is 2. The van der Waals surface area contributed by atoms with E-state index >= 15 is 0 Å². The number of nitrogens with zero attached hydrogens (tertiary/aromatic N) is 6. The molecule has 3 heterocycles. The first-order valence-corrected chi connectivity index (χ1v) is 11.5. The van der Waals surface area contributed by atoms with Gasteiger partial charge in [0.15, 0.2) is 0 Å². The first kappa shape index (κ1) is 20.8. The Labute approximate surface area is 179 Å². The van der Waals surface area contributed by atoms with Gasteiger partial charge in [0.05, 0.1) is 40.6 Å². The fraction of sp³-hybridized carbons (Fsp3) is 0.333. The lowest BCUT2D eigenvalue weighted by molar-refractivity contribution is 0.573. The van der Waals surface area contributed by atoms with E-state index in [-0.39, 0.29) is 12.1 Å². The molecule has 160 valence electrons. The molecule has 4 rings (SSSR count). The molecule has 0 unspecified atom stereocenters. The van der Waals surface area contributed by atoms with Crippen molar-refractivity contribution in [2.45, 2.75) is 45.0 Å². The average molecular weight is 439 g/mol. The predicted molar refractivity (Wildman–Crippen MR) is 117 cm³/mol. The molecule has 0 fully saturated rings. The number of unbranched alkanes of at least 4 members (excludes halogenated alkanes) is 1. The van der Waals surface area contributed by atoms with Crippen molar-refractivity contribution >= 4 is 32.1 Å². The van der Waals surface area contributed by atoms with Crippen LogP contribution in [-0.4, -0.2) is 36.7 Å². The van der Waals surface area contributed by atoms with Crippen molar-refractivity contribution < 1.29 is 8.42 Å². The molecular formula is C21H22N6O3S. The standard InChI is InChI=1S/C21H22N6O3S/c1-15(2)31(29,30)27-19-13-23-11-9-18(19)26(21(27)28)14-20-24-16-7-3-4-8-17(16)25(20)12-6-5-10-22/h3-4,7-9,11,13,15H,5-6,12,14H2,1-2H3. The molecule has 10 heteroatoms. The highest BCUT2D eigenvalue weighted by molar-refractivity contribution is 7.90. The van der Waals surface area contributed by atoms with E-state index in [0.717, 1.165) is 15.0 Å². The Morgan fingerprint density at radius 3 is 2.61 bits per heavy atom. The molecule has 0 N–H and O–H groups in total. The second-order valence-electron chi connectivity index (χ2n) is 7.52. The van der Waals surface area contributed by atoms with E-state index in [2.05, 4.69) is 16.0 Å². The maximum Gasteiger partial charge on any atom is 0.343 e. The Bertz CT molecular complexity index is 1470. The van der Waals surface area contributed by atoms with E-state index in [1.165, 1.54) is 30.8 Å². The van der Waals surface area contributed by atoms with Crippen LogP contribution in [-0.2, 0) is 23.1 Å². The normalized spacial score (nSPS) is 12.1. The quantitative estimate of drug-likeness (QED) is 0.409. The van der Waals surface area contributed by atoms with Crippen molar-refractivity contribution in [3.63, 3.8) is 0 Å². The lowest BCUT2D eigenvalue weighted by Gasteiger charge is -2.09. The highest BCUT2D eigenvalue weighted by Gasteiger charge is 2.27. The van der Waals surface area contributed by atoms with Gasteiger partial charge in [0.1, 0.15) is 11.3 Å². The molecule has 3 aromatic heterocycles. The van der Waals surface area contributed by atoms with Crippen LogP contribution in [0.5, 0.6) is 0 Å². The predicted octanol–water partition coefficient (Wildman–Crippen LogP) is 2.49. The van der Waals surface area contributed by atoms with Gasteiger partial charge in [-0.2, -0.15) is 9.23 Å². The molecule has 1 aromatic carbocycles. The molecule has 31 heavy (non-hydrogen) atoms. The molecule has 0 spiro atoms. The first-order valence-electron chi connectivity index (χ1n) is 9.97. The summed E-state index contributed by atoms with van der Waals surface area (Å²) in [5, 5.41) is 8.14. The third-order valence-corrected chi connectivity index (χ3v) is 7.30. The highest BCUT2D eigenvalue weighted by atomic mass is 32.2. The minimum absolute atomic E-state index is 0.0984. The Kier molecular flexibility index (Phi) is 5.37. The lowest BCUT2D eigenvalue weighted by atomic mass is 10.3. The van der Waals surface area contributed by atoms with Crippen LogP contribution in [0.4, 0.5) is 0 Å². The molecule has 0 saturated carbocycles. The highest BCUT2D eigenvalue weighted by Crippen LogP contribution is 2.21. The number of hydrogen-bond donors (Lipinski definition) is 0.